The number of fused-ring (bicyclic) bond motifs is 3. The van der Waals surface area contributed by atoms with Crippen molar-refractivity contribution in [2.24, 2.45) is 4.36 Å². The van der Waals surface area contributed by atoms with Gasteiger partial charge in [-0.1, -0.05) is 0 Å². The second-order valence-corrected chi connectivity index (χ2v) is 9.61. The average Bonchev–Trinajstić information content (AvgIpc) is 3.52. The van der Waals surface area contributed by atoms with E-state index in [0.717, 1.165) is 61.9 Å². The molecular formula is C20H22N5O2S-. The fraction of sp³-hybridized carbons (Fsp3) is 0.550. The summed E-state index contributed by atoms with van der Waals surface area (Å²) < 4.78 is 18.2. The predicted molar refractivity (Wildman–Crippen MR) is 104 cm³/mol. The summed E-state index contributed by atoms with van der Waals surface area (Å²) >= 11 is 0. The minimum absolute atomic E-state index is 0.266. The number of nitrogens with zero attached hydrogens (tertiary/aromatic N) is 4. The standard InChI is InChI=1S/C20H22N5O2S/c26-19(24-28(27)16-7-11-25(23-16)12-4-5-12)22-17-13-2-1-3-15(13)21-18-14(17)6-8-20(18)9-10-20/h7,11-12H,1-6,8-10H2,(H,21,22,26)/q-1. The normalized spacial score (nSPS) is 22.3. The maximum absolute atomic E-state index is 12.6. The van der Waals surface area contributed by atoms with Gasteiger partial charge < -0.3 is 13.9 Å². The largest absolute Gasteiger partial charge is 0.438 e. The first kappa shape index (κ1) is 16.7. The van der Waals surface area contributed by atoms with Crippen LogP contribution < -0.4 is 5.32 Å². The zero-order chi connectivity index (χ0) is 18.9. The van der Waals surface area contributed by atoms with Crippen LogP contribution in [0.4, 0.5) is 10.5 Å². The van der Waals surface area contributed by atoms with E-state index in [0.29, 0.717) is 11.1 Å². The molecule has 0 saturated heterocycles. The van der Waals surface area contributed by atoms with E-state index in [9.17, 15) is 9.00 Å². The molecule has 1 spiro atoms. The number of hydrogen-bond acceptors (Lipinski definition) is 5. The number of nitrogens with one attached hydrogen (secondary N) is 1. The third-order valence-corrected chi connectivity index (χ3v) is 7.52. The number of carbonyl (C=O) groups is 1. The van der Waals surface area contributed by atoms with E-state index in [1.165, 1.54) is 24.1 Å². The molecule has 4 aliphatic carbocycles. The van der Waals surface area contributed by atoms with Gasteiger partial charge in [0.15, 0.2) is 0 Å². The number of hydrogen-bond donors (Lipinski definition) is 1. The molecule has 0 atom stereocenters. The lowest BCUT2D eigenvalue weighted by Crippen LogP contribution is -2.14. The van der Waals surface area contributed by atoms with Crippen LogP contribution in [-0.4, -0.2) is 20.8 Å². The van der Waals surface area contributed by atoms with Crippen LogP contribution >= 0.6 is 0 Å². The molecule has 2 aromatic rings. The molecule has 28 heavy (non-hydrogen) atoms. The van der Waals surface area contributed by atoms with Gasteiger partial charge in [-0.05, 0) is 75.0 Å². The lowest BCUT2D eigenvalue weighted by atomic mass is 10.0. The first-order chi connectivity index (χ1) is 13.6. The van der Waals surface area contributed by atoms with Crippen molar-refractivity contribution in [3.63, 3.8) is 0 Å². The Bertz CT molecular complexity index is 1090. The summed E-state index contributed by atoms with van der Waals surface area (Å²) in [6, 6.07) is 1.54. The highest BCUT2D eigenvalue weighted by atomic mass is 32.2. The third kappa shape index (κ3) is 2.61. The molecule has 0 bridgehead atoms. The van der Waals surface area contributed by atoms with Crippen LogP contribution in [0.25, 0.3) is 0 Å². The van der Waals surface area contributed by atoms with Crippen LogP contribution in [0.3, 0.4) is 0 Å². The molecule has 0 aromatic carbocycles. The molecule has 146 valence electrons. The molecule has 2 aromatic heterocycles. The van der Waals surface area contributed by atoms with E-state index >= 15 is 0 Å². The van der Waals surface area contributed by atoms with E-state index in [1.54, 1.807) is 6.07 Å². The molecule has 1 N–H and O–H groups in total. The average molecular weight is 396 g/mol. The zero-order valence-electron chi connectivity index (χ0n) is 15.6. The highest BCUT2D eigenvalue weighted by molar-refractivity contribution is 7.75. The Morgan fingerprint density at radius 1 is 1.21 bits per heavy atom. The monoisotopic (exact) mass is 396 g/mol. The number of pyridine rings is 1. The maximum Gasteiger partial charge on any atom is 0.322 e. The Kier molecular flexibility index (Phi) is 3.51. The lowest BCUT2D eigenvalue weighted by molar-refractivity contribution is 0.260. The summed E-state index contributed by atoms with van der Waals surface area (Å²) in [5.74, 6) is 0. The first-order valence-corrected chi connectivity index (χ1v) is 11.3. The molecule has 0 unspecified atom stereocenters. The fourth-order valence-corrected chi connectivity index (χ4v) is 5.42. The van der Waals surface area contributed by atoms with Gasteiger partial charge in [0.2, 0.25) is 0 Å². The summed E-state index contributed by atoms with van der Waals surface area (Å²) in [5, 5.41) is 7.62. The SMILES string of the molecule is O=C(N=[S-](=O)c1ccn(C2CC2)n1)Nc1c2c(nc3c1CCC31CC1)CCC2. The summed E-state index contributed by atoms with van der Waals surface area (Å²) in [5.41, 5.74) is 5.84. The first-order valence-electron chi connectivity index (χ1n) is 10.2. The second kappa shape index (κ2) is 5.89. The topological polar surface area (TPSA) is 89.2 Å². The Hall–Kier alpha value is -2.22. The van der Waals surface area contributed by atoms with Gasteiger partial charge in [-0.15, -0.1) is 10.6 Å². The summed E-state index contributed by atoms with van der Waals surface area (Å²) in [6.07, 6.45) is 11.5. The number of aromatic nitrogens is 3. The molecule has 7 nitrogen and oxygen atoms in total. The van der Waals surface area contributed by atoms with Crippen molar-refractivity contribution < 1.29 is 9.00 Å². The molecule has 2 amide bonds. The predicted octanol–water partition coefficient (Wildman–Crippen LogP) is 3.82. The molecule has 2 heterocycles. The number of rotatable bonds is 3. The van der Waals surface area contributed by atoms with Crippen LogP contribution in [0.5, 0.6) is 0 Å². The van der Waals surface area contributed by atoms with Gasteiger partial charge in [0.25, 0.3) is 0 Å². The zero-order valence-corrected chi connectivity index (χ0v) is 16.4. The van der Waals surface area contributed by atoms with Crippen molar-refractivity contribution in [1.82, 2.24) is 14.8 Å². The molecule has 2 saturated carbocycles. The Morgan fingerprint density at radius 2 is 2.07 bits per heavy atom. The highest BCUT2D eigenvalue weighted by Gasteiger charge is 2.51. The van der Waals surface area contributed by atoms with Gasteiger partial charge in [-0.3, -0.25) is 9.67 Å². The summed E-state index contributed by atoms with van der Waals surface area (Å²) in [7, 11) is -1.79. The number of anilines is 1. The second-order valence-electron chi connectivity index (χ2n) is 8.51. The van der Waals surface area contributed by atoms with Crippen molar-refractivity contribution in [2.75, 3.05) is 5.32 Å². The van der Waals surface area contributed by atoms with Crippen molar-refractivity contribution in [2.45, 2.75) is 74.3 Å². The van der Waals surface area contributed by atoms with Gasteiger partial charge in [0, 0.05) is 22.3 Å². The molecule has 0 aliphatic heterocycles. The number of urea groups is 1. The Labute approximate surface area is 165 Å². The van der Waals surface area contributed by atoms with E-state index in [2.05, 4.69) is 14.8 Å². The summed E-state index contributed by atoms with van der Waals surface area (Å²) in [4.78, 5) is 17.6. The van der Waals surface area contributed by atoms with E-state index in [1.807, 2.05) is 10.9 Å². The fourth-order valence-electron chi connectivity index (χ4n) is 4.78. The van der Waals surface area contributed by atoms with E-state index < -0.39 is 16.6 Å². The van der Waals surface area contributed by atoms with Gasteiger partial charge in [0.05, 0.1) is 17.4 Å². The van der Waals surface area contributed by atoms with Crippen molar-refractivity contribution in [3.05, 3.63) is 34.8 Å². The van der Waals surface area contributed by atoms with Crippen LogP contribution in [0.15, 0.2) is 21.7 Å². The van der Waals surface area contributed by atoms with Crippen LogP contribution in [0, 0.1) is 0 Å². The minimum Gasteiger partial charge on any atom is -0.438 e. The number of aryl methyl sites for hydroxylation is 1. The summed E-state index contributed by atoms with van der Waals surface area (Å²) in [6.45, 7) is 0. The quantitative estimate of drug-likeness (QED) is 0.799. The van der Waals surface area contributed by atoms with Crippen molar-refractivity contribution >= 4 is 22.3 Å². The van der Waals surface area contributed by atoms with Crippen LogP contribution in [0.2, 0.25) is 0 Å². The number of amides is 2. The Morgan fingerprint density at radius 3 is 2.86 bits per heavy atom. The van der Waals surface area contributed by atoms with Crippen molar-refractivity contribution in [3.8, 4) is 0 Å². The highest BCUT2D eigenvalue weighted by Crippen LogP contribution is 2.58. The molecular weight excluding hydrogens is 374 g/mol. The van der Waals surface area contributed by atoms with E-state index in [-0.39, 0.29) is 5.41 Å². The molecule has 6 rings (SSSR count). The molecule has 8 heteroatoms. The van der Waals surface area contributed by atoms with Crippen LogP contribution in [0.1, 0.15) is 67.1 Å². The lowest BCUT2D eigenvalue weighted by Gasteiger charge is -2.16. The molecule has 0 radical (unpaired) electrons. The number of carbonyl (C=O) groups excluding carboxylic acids is 1. The molecule has 2 fully saturated rings. The minimum atomic E-state index is -1.79. The Balaban J connectivity index is 1.31. The third-order valence-electron chi connectivity index (χ3n) is 6.62. The van der Waals surface area contributed by atoms with Gasteiger partial charge in [-0.2, -0.15) is 5.10 Å². The van der Waals surface area contributed by atoms with Crippen LogP contribution in [-0.2, 0) is 39.5 Å². The van der Waals surface area contributed by atoms with E-state index in [4.69, 9.17) is 4.98 Å². The molecule has 4 aliphatic rings. The van der Waals surface area contributed by atoms with Gasteiger partial charge in [0.1, 0.15) is 0 Å². The van der Waals surface area contributed by atoms with Gasteiger partial charge in [-0.25, -0.2) is 4.79 Å². The smallest absolute Gasteiger partial charge is 0.322 e. The van der Waals surface area contributed by atoms with Crippen molar-refractivity contribution in [1.29, 1.82) is 0 Å². The maximum atomic E-state index is 12.6. The van der Waals surface area contributed by atoms with Gasteiger partial charge >= 0.3 is 6.03 Å².